The van der Waals surface area contributed by atoms with Gasteiger partial charge in [-0.25, -0.2) is 4.52 Å². The lowest BCUT2D eigenvalue weighted by Gasteiger charge is -2.05. The number of amides is 1. The molecular formula is C20H16Cl2N4OS. The molecule has 142 valence electrons. The molecule has 4 rings (SSSR count). The number of fused-ring (bicyclic) bond motifs is 1. The van der Waals surface area contributed by atoms with Gasteiger partial charge in [-0.3, -0.25) is 4.79 Å². The van der Waals surface area contributed by atoms with Crippen LogP contribution in [-0.4, -0.2) is 27.0 Å². The molecule has 2 heterocycles. The fourth-order valence-corrected chi connectivity index (χ4v) is 3.91. The van der Waals surface area contributed by atoms with Crippen LogP contribution in [0.2, 0.25) is 10.0 Å². The lowest BCUT2D eigenvalue weighted by Crippen LogP contribution is -2.27. The molecule has 4 aromatic rings. The van der Waals surface area contributed by atoms with Crippen LogP contribution < -0.4 is 5.32 Å². The van der Waals surface area contributed by atoms with Crippen LogP contribution in [0.15, 0.2) is 53.9 Å². The Labute approximate surface area is 175 Å². The summed E-state index contributed by atoms with van der Waals surface area (Å²) in [7, 11) is 0. The molecule has 0 saturated heterocycles. The van der Waals surface area contributed by atoms with Gasteiger partial charge in [0, 0.05) is 34.0 Å². The van der Waals surface area contributed by atoms with Crippen LogP contribution in [0, 0.1) is 0 Å². The van der Waals surface area contributed by atoms with Crippen molar-refractivity contribution in [1.29, 1.82) is 0 Å². The molecule has 2 aromatic carbocycles. The first-order valence-electron chi connectivity index (χ1n) is 8.69. The summed E-state index contributed by atoms with van der Waals surface area (Å²) in [4.78, 5) is 17.5. The summed E-state index contributed by atoms with van der Waals surface area (Å²) in [5.74, 6) is 0.644. The first-order chi connectivity index (χ1) is 13.6. The highest BCUT2D eigenvalue weighted by atomic mass is 35.5. The summed E-state index contributed by atoms with van der Waals surface area (Å²) in [5, 5.41) is 10.9. The molecule has 0 unspecified atom stereocenters. The second kappa shape index (κ2) is 8.31. The Morgan fingerprint density at radius 2 is 1.71 bits per heavy atom. The van der Waals surface area contributed by atoms with Gasteiger partial charge in [0.1, 0.15) is 0 Å². The Kier molecular flexibility index (Phi) is 5.62. The number of aromatic nitrogens is 3. The van der Waals surface area contributed by atoms with E-state index in [1.165, 1.54) is 11.3 Å². The Bertz CT molecular complexity index is 1100. The van der Waals surface area contributed by atoms with Crippen molar-refractivity contribution in [2.75, 3.05) is 6.54 Å². The molecule has 0 fully saturated rings. The third-order valence-corrected chi connectivity index (χ3v) is 5.60. The van der Waals surface area contributed by atoms with Gasteiger partial charge in [0.15, 0.2) is 5.82 Å². The van der Waals surface area contributed by atoms with Gasteiger partial charge in [-0.15, -0.1) is 16.4 Å². The average molecular weight is 431 g/mol. The van der Waals surface area contributed by atoms with Crippen LogP contribution in [0.1, 0.15) is 11.3 Å². The van der Waals surface area contributed by atoms with Crippen molar-refractivity contribution >= 4 is 45.4 Å². The van der Waals surface area contributed by atoms with Crippen molar-refractivity contribution in [1.82, 2.24) is 19.9 Å². The Morgan fingerprint density at radius 1 is 1.04 bits per heavy atom. The number of benzene rings is 2. The second-order valence-corrected chi connectivity index (χ2v) is 7.98. The number of carbonyl (C=O) groups excluding carboxylic acids is 1. The maximum Gasteiger partial charge on any atom is 0.224 e. The zero-order chi connectivity index (χ0) is 19.5. The van der Waals surface area contributed by atoms with Crippen molar-refractivity contribution in [3.63, 3.8) is 0 Å². The molecule has 5 nitrogen and oxygen atoms in total. The Morgan fingerprint density at radius 3 is 2.43 bits per heavy atom. The van der Waals surface area contributed by atoms with Crippen molar-refractivity contribution in [2.24, 2.45) is 0 Å². The maximum atomic E-state index is 12.1. The number of carbonyl (C=O) groups is 1. The van der Waals surface area contributed by atoms with Crippen molar-refractivity contribution < 1.29 is 4.79 Å². The summed E-state index contributed by atoms with van der Waals surface area (Å²) in [6.07, 6.45) is 1.01. The molecule has 0 bridgehead atoms. The quantitative estimate of drug-likeness (QED) is 0.483. The number of rotatable bonds is 6. The van der Waals surface area contributed by atoms with Crippen LogP contribution in [0.5, 0.6) is 0 Å². The minimum Gasteiger partial charge on any atom is -0.355 e. The van der Waals surface area contributed by atoms with E-state index in [1.54, 1.807) is 12.1 Å². The minimum absolute atomic E-state index is 0.0192. The summed E-state index contributed by atoms with van der Waals surface area (Å²) >= 11 is 13.3. The van der Waals surface area contributed by atoms with Gasteiger partial charge in [0.05, 0.1) is 12.1 Å². The molecule has 0 aliphatic carbocycles. The van der Waals surface area contributed by atoms with E-state index in [2.05, 4.69) is 15.4 Å². The fourth-order valence-electron chi connectivity index (χ4n) is 2.80. The predicted molar refractivity (Wildman–Crippen MR) is 113 cm³/mol. The number of thiazole rings is 1. The first-order valence-corrected chi connectivity index (χ1v) is 10.3. The Hall–Kier alpha value is -2.41. The van der Waals surface area contributed by atoms with Crippen molar-refractivity contribution in [3.05, 3.63) is 75.2 Å². The van der Waals surface area contributed by atoms with E-state index in [4.69, 9.17) is 23.2 Å². The topological polar surface area (TPSA) is 59.3 Å². The SMILES string of the molecule is O=C(Cc1ccc(Cl)cc1)NCCc1csc2nc(-c3ccc(Cl)cc3)nn12. The Balaban J connectivity index is 1.37. The molecule has 1 N–H and O–H groups in total. The number of hydrogen-bond acceptors (Lipinski definition) is 4. The van der Waals surface area contributed by atoms with E-state index < -0.39 is 0 Å². The molecule has 0 radical (unpaired) electrons. The third-order valence-electron chi connectivity index (χ3n) is 4.23. The zero-order valence-corrected chi connectivity index (χ0v) is 17.1. The number of nitrogens with one attached hydrogen (secondary N) is 1. The normalized spacial score (nSPS) is 11.1. The third kappa shape index (κ3) is 4.35. The fraction of sp³-hybridized carbons (Fsp3) is 0.150. The van der Waals surface area contributed by atoms with E-state index in [-0.39, 0.29) is 5.91 Å². The van der Waals surface area contributed by atoms with E-state index in [9.17, 15) is 4.79 Å². The van der Waals surface area contributed by atoms with Crippen molar-refractivity contribution in [3.8, 4) is 11.4 Å². The van der Waals surface area contributed by atoms with Gasteiger partial charge in [0.25, 0.3) is 0 Å². The van der Waals surface area contributed by atoms with E-state index in [1.807, 2.05) is 46.3 Å². The molecule has 28 heavy (non-hydrogen) atoms. The van der Waals surface area contributed by atoms with E-state index in [0.29, 0.717) is 35.3 Å². The molecule has 8 heteroatoms. The van der Waals surface area contributed by atoms with Crippen LogP contribution in [0.3, 0.4) is 0 Å². The zero-order valence-electron chi connectivity index (χ0n) is 14.7. The van der Waals surface area contributed by atoms with E-state index in [0.717, 1.165) is 21.8 Å². The van der Waals surface area contributed by atoms with Gasteiger partial charge in [-0.2, -0.15) is 4.98 Å². The lowest BCUT2D eigenvalue weighted by atomic mass is 10.1. The lowest BCUT2D eigenvalue weighted by molar-refractivity contribution is -0.120. The van der Waals surface area contributed by atoms with E-state index >= 15 is 0 Å². The molecule has 0 aliphatic rings. The number of hydrogen-bond donors (Lipinski definition) is 1. The summed E-state index contributed by atoms with van der Waals surface area (Å²) in [6.45, 7) is 0.536. The molecule has 1 amide bonds. The largest absolute Gasteiger partial charge is 0.355 e. The van der Waals surface area contributed by atoms with Gasteiger partial charge < -0.3 is 5.32 Å². The van der Waals surface area contributed by atoms with Crippen LogP contribution in [-0.2, 0) is 17.6 Å². The van der Waals surface area contributed by atoms with Gasteiger partial charge in [0.2, 0.25) is 10.9 Å². The number of nitrogens with zero attached hydrogens (tertiary/aromatic N) is 3. The van der Waals surface area contributed by atoms with Gasteiger partial charge in [-0.1, -0.05) is 35.3 Å². The van der Waals surface area contributed by atoms with Crippen LogP contribution in [0.25, 0.3) is 16.3 Å². The molecular weight excluding hydrogens is 415 g/mol. The molecule has 0 spiro atoms. The monoisotopic (exact) mass is 430 g/mol. The summed E-state index contributed by atoms with van der Waals surface area (Å²) in [6, 6.07) is 14.7. The second-order valence-electron chi connectivity index (χ2n) is 6.27. The highest BCUT2D eigenvalue weighted by Gasteiger charge is 2.12. The summed E-state index contributed by atoms with van der Waals surface area (Å²) < 4.78 is 1.83. The standard InChI is InChI=1S/C20H16Cl2N4OS/c21-15-5-1-13(2-6-15)11-18(27)23-10-9-17-12-28-20-24-19(25-26(17)20)14-3-7-16(22)8-4-14/h1-8,12H,9-11H2,(H,23,27). The highest BCUT2D eigenvalue weighted by Crippen LogP contribution is 2.22. The first kappa shape index (κ1) is 18.9. The van der Waals surface area contributed by atoms with Gasteiger partial charge in [-0.05, 0) is 42.0 Å². The number of halogens is 2. The maximum absolute atomic E-state index is 12.1. The smallest absolute Gasteiger partial charge is 0.224 e. The van der Waals surface area contributed by atoms with Crippen LogP contribution >= 0.6 is 34.5 Å². The minimum atomic E-state index is -0.0192. The molecule has 0 atom stereocenters. The highest BCUT2D eigenvalue weighted by molar-refractivity contribution is 7.15. The molecule has 0 aliphatic heterocycles. The predicted octanol–water partition coefficient (Wildman–Crippen LogP) is 4.67. The average Bonchev–Trinajstić information content (AvgIpc) is 3.26. The molecule has 0 saturated carbocycles. The summed E-state index contributed by atoms with van der Waals surface area (Å²) in [5.41, 5.74) is 2.87. The van der Waals surface area contributed by atoms with Gasteiger partial charge >= 0.3 is 0 Å². The van der Waals surface area contributed by atoms with Crippen molar-refractivity contribution in [2.45, 2.75) is 12.8 Å². The van der Waals surface area contributed by atoms with Crippen LogP contribution in [0.4, 0.5) is 0 Å². The molecule has 2 aromatic heterocycles.